The highest BCUT2D eigenvalue weighted by Gasteiger charge is 2.11. The number of rotatable bonds is 10. The van der Waals surface area contributed by atoms with Crippen molar-refractivity contribution in [3.05, 3.63) is 68.2 Å². The Morgan fingerprint density at radius 1 is 1.33 bits per heavy atom. The van der Waals surface area contributed by atoms with E-state index < -0.39 is 5.97 Å². The lowest BCUT2D eigenvalue weighted by Crippen LogP contribution is -2.34. The maximum absolute atomic E-state index is 12.7. The minimum atomic E-state index is -0.841. The van der Waals surface area contributed by atoms with Gasteiger partial charge in [0.05, 0.1) is 6.54 Å². The van der Waals surface area contributed by atoms with E-state index in [9.17, 15) is 19.6 Å². The van der Waals surface area contributed by atoms with Gasteiger partial charge in [0.25, 0.3) is 5.56 Å². The highest BCUT2D eigenvalue weighted by Crippen LogP contribution is 2.15. The number of hydrogen-bond acceptors (Lipinski definition) is 8. The molecule has 2 rings (SSSR count). The zero-order valence-corrected chi connectivity index (χ0v) is 21.6. The smallest absolute Gasteiger partial charge is 0.357 e. The number of esters is 1. The van der Waals surface area contributed by atoms with Crippen LogP contribution in [0.1, 0.15) is 20.8 Å². The molecule has 0 atom stereocenters. The molecule has 0 bridgehead atoms. The van der Waals surface area contributed by atoms with Crippen LogP contribution in [0.3, 0.4) is 0 Å². The number of thiazole rings is 1. The van der Waals surface area contributed by atoms with E-state index in [4.69, 9.17) is 4.74 Å². The molecule has 0 aliphatic heterocycles. The molecule has 1 aromatic carbocycles. The number of ether oxygens (including phenoxy) is 1. The Morgan fingerprint density at radius 3 is 2.69 bits per heavy atom. The zero-order chi connectivity index (χ0) is 26.7. The topological polar surface area (TPSA) is 116 Å². The summed E-state index contributed by atoms with van der Waals surface area (Å²) in [5.74, 6) is -0.961. The second kappa shape index (κ2) is 13.7. The molecular formula is C26H29N5O4S. The van der Waals surface area contributed by atoms with Crippen LogP contribution in [0.2, 0.25) is 0 Å². The molecule has 0 aliphatic carbocycles. The summed E-state index contributed by atoms with van der Waals surface area (Å²) in [5.41, 5.74) is 6.24. The van der Waals surface area contributed by atoms with Gasteiger partial charge < -0.3 is 15.4 Å². The maximum atomic E-state index is 12.7. The third kappa shape index (κ3) is 7.98. The maximum Gasteiger partial charge on any atom is 0.357 e. The van der Waals surface area contributed by atoms with Gasteiger partial charge in [-0.05, 0) is 46.0 Å². The van der Waals surface area contributed by atoms with E-state index >= 15 is 0 Å². The fourth-order valence-corrected chi connectivity index (χ4v) is 3.79. The van der Waals surface area contributed by atoms with Crippen LogP contribution < -0.4 is 25.4 Å². The van der Waals surface area contributed by atoms with Gasteiger partial charge in [0, 0.05) is 30.2 Å². The molecule has 10 heteroatoms. The van der Waals surface area contributed by atoms with Crippen molar-refractivity contribution in [3.63, 3.8) is 0 Å². The number of carbonyl (C=O) groups excluding carboxylic acids is 2. The fourth-order valence-electron chi connectivity index (χ4n) is 2.80. The molecule has 9 nitrogen and oxygen atoms in total. The number of likely N-dealkylation sites (N-methyl/N-ethyl adjacent to an activating group) is 1. The molecule has 1 aromatic heterocycles. The quantitative estimate of drug-likeness (QED) is 0.218. The van der Waals surface area contributed by atoms with Gasteiger partial charge in [-0.1, -0.05) is 41.5 Å². The van der Waals surface area contributed by atoms with Gasteiger partial charge in [0.2, 0.25) is 5.91 Å². The minimum Gasteiger partial charge on any atom is -0.457 e. The van der Waals surface area contributed by atoms with E-state index in [0.717, 1.165) is 11.3 Å². The number of aromatic nitrogens is 1. The summed E-state index contributed by atoms with van der Waals surface area (Å²) in [5, 5.41) is 15.2. The van der Waals surface area contributed by atoms with Crippen molar-refractivity contribution in [3.8, 4) is 6.07 Å². The SMILES string of the molecule is C=CCOC(=O)C(=C=c1sc(=C=CNc2cccc(NC(=O)CN(C)C(C)C)c2)c(=O)n1CC)C#N. The Morgan fingerprint density at radius 2 is 2.06 bits per heavy atom. The predicted octanol–water partition coefficient (Wildman–Crippen LogP) is 1.77. The molecule has 0 saturated heterocycles. The molecule has 1 heterocycles. The van der Waals surface area contributed by atoms with Crippen molar-refractivity contribution in [1.29, 1.82) is 5.26 Å². The number of nitrogens with one attached hydrogen (secondary N) is 2. The summed E-state index contributed by atoms with van der Waals surface area (Å²) in [7, 11) is 1.88. The molecule has 0 fully saturated rings. The highest BCUT2D eigenvalue weighted by molar-refractivity contribution is 7.07. The van der Waals surface area contributed by atoms with Crippen molar-refractivity contribution >= 4 is 46.1 Å². The van der Waals surface area contributed by atoms with Crippen LogP contribution in [0.15, 0.2) is 53.5 Å². The molecule has 0 radical (unpaired) electrons. The minimum absolute atomic E-state index is 0.0377. The summed E-state index contributed by atoms with van der Waals surface area (Å²) in [6, 6.07) is 9.16. The largest absolute Gasteiger partial charge is 0.457 e. The van der Waals surface area contributed by atoms with E-state index in [1.807, 2.05) is 31.9 Å². The van der Waals surface area contributed by atoms with Crippen LogP contribution >= 0.6 is 11.3 Å². The highest BCUT2D eigenvalue weighted by atomic mass is 32.1. The number of amides is 1. The molecule has 188 valence electrons. The Labute approximate surface area is 213 Å². The van der Waals surface area contributed by atoms with Crippen LogP contribution in [-0.4, -0.2) is 47.6 Å². The van der Waals surface area contributed by atoms with Crippen LogP contribution in [0, 0.1) is 11.3 Å². The van der Waals surface area contributed by atoms with E-state index in [1.165, 1.54) is 16.8 Å². The molecule has 0 spiro atoms. The number of hydrogen-bond donors (Lipinski definition) is 2. The van der Waals surface area contributed by atoms with E-state index in [0.29, 0.717) is 22.6 Å². The van der Waals surface area contributed by atoms with Gasteiger partial charge in [-0.3, -0.25) is 19.1 Å². The predicted molar refractivity (Wildman–Crippen MR) is 142 cm³/mol. The second-order valence-corrected chi connectivity index (χ2v) is 8.85. The summed E-state index contributed by atoms with van der Waals surface area (Å²) < 4.78 is 6.85. The molecule has 2 N–H and O–H groups in total. The van der Waals surface area contributed by atoms with Crippen molar-refractivity contribution < 1.29 is 14.3 Å². The Balaban J connectivity index is 2.33. The van der Waals surface area contributed by atoms with Crippen LogP contribution in [-0.2, 0) is 20.9 Å². The average molecular weight is 508 g/mol. The monoisotopic (exact) mass is 507 g/mol. The average Bonchev–Trinajstić information content (AvgIpc) is 3.14. The van der Waals surface area contributed by atoms with Crippen molar-refractivity contribution in [1.82, 2.24) is 9.47 Å². The number of nitrogens with zero attached hydrogens (tertiary/aromatic N) is 3. The van der Waals surface area contributed by atoms with Gasteiger partial charge in [-0.25, -0.2) is 4.79 Å². The first-order valence-electron chi connectivity index (χ1n) is 11.2. The third-order valence-corrected chi connectivity index (χ3v) is 5.96. The van der Waals surface area contributed by atoms with E-state index in [-0.39, 0.29) is 40.8 Å². The van der Waals surface area contributed by atoms with E-state index in [1.54, 1.807) is 31.2 Å². The molecule has 2 aromatic rings. The van der Waals surface area contributed by atoms with Crippen LogP contribution in [0.5, 0.6) is 0 Å². The summed E-state index contributed by atoms with van der Waals surface area (Å²) in [4.78, 5) is 38.9. The lowest BCUT2D eigenvalue weighted by atomic mass is 10.2. The Bertz CT molecular complexity index is 1420. The summed E-state index contributed by atoms with van der Waals surface area (Å²) in [6.07, 6.45) is 2.87. The first kappa shape index (κ1) is 28.1. The first-order chi connectivity index (χ1) is 17.2. The number of benzene rings is 1. The van der Waals surface area contributed by atoms with Gasteiger partial charge in [0.1, 0.15) is 21.9 Å². The van der Waals surface area contributed by atoms with Gasteiger partial charge >= 0.3 is 5.97 Å². The first-order valence-corrected chi connectivity index (χ1v) is 12.0. The Hall–Kier alpha value is -4.12. The van der Waals surface area contributed by atoms with Crippen molar-refractivity contribution in [2.45, 2.75) is 33.4 Å². The number of nitriles is 1. The lowest BCUT2D eigenvalue weighted by Gasteiger charge is -2.20. The van der Waals surface area contributed by atoms with Crippen molar-refractivity contribution in [2.24, 2.45) is 0 Å². The normalized spacial score (nSPS) is 10.1. The Kier molecular flexibility index (Phi) is 10.7. The standard InChI is InChI=1S/C26H29N5O4S/c1-6-13-35-26(34)19(16-27)14-24-31(7-2)25(33)22(36-24)11-12-28-20-9-8-10-21(15-20)29-23(32)17-30(5)18(3)4/h6,8-10,12,15,18,28H,1,7,13,17H2,2-5H3,(H,29,32). The second-order valence-electron chi connectivity index (χ2n) is 7.86. The third-order valence-electron chi connectivity index (χ3n) is 4.94. The molecular weight excluding hydrogens is 478 g/mol. The molecule has 1 amide bonds. The van der Waals surface area contributed by atoms with Gasteiger partial charge in [0.15, 0.2) is 5.57 Å². The summed E-state index contributed by atoms with van der Waals surface area (Å²) >= 11 is 1.05. The van der Waals surface area contributed by atoms with Crippen LogP contribution in [0.4, 0.5) is 11.4 Å². The molecule has 0 saturated carbocycles. The molecule has 0 unspecified atom stereocenters. The lowest BCUT2D eigenvalue weighted by molar-refractivity contribution is -0.137. The number of anilines is 2. The van der Waals surface area contributed by atoms with Crippen LogP contribution in [0.25, 0.3) is 11.5 Å². The fraction of sp³-hybridized carbons (Fsp3) is 0.308. The number of carbonyl (C=O) groups is 2. The van der Waals surface area contributed by atoms with E-state index in [2.05, 4.69) is 28.7 Å². The zero-order valence-electron chi connectivity index (χ0n) is 20.8. The summed E-state index contributed by atoms with van der Waals surface area (Å²) in [6.45, 7) is 9.82. The van der Waals surface area contributed by atoms with Crippen molar-refractivity contribution in [2.75, 3.05) is 30.8 Å². The molecule has 0 aliphatic rings. The van der Waals surface area contributed by atoms with Gasteiger partial charge in [-0.15, -0.1) is 0 Å². The van der Waals surface area contributed by atoms with Gasteiger partial charge in [-0.2, -0.15) is 5.26 Å². The molecule has 36 heavy (non-hydrogen) atoms.